The summed E-state index contributed by atoms with van der Waals surface area (Å²) in [6.45, 7) is 9.34. The Bertz CT molecular complexity index is 1230. The molecule has 1 fully saturated rings. The van der Waals surface area contributed by atoms with Gasteiger partial charge >= 0.3 is 0 Å². The fraction of sp³-hybridized carbons (Fsp3) is 0.375. The summed E-state index contributed by atoms with van der Waals surface area (Å²) in [6, 6.07) is 9.21. The van der Waals surface area contributed by atoms with E-state index in [1.165, 1.54) is 0 Å². The summed E-state index contributed by atoms with van der Waals surface area (Å²) in [5.74, 6) is -0.0500. The number of hydrogen-bond donors (Lipinski definition) is 1. The smallest absolute Gasteiger partial charge is 0.273 e. The Hall–Kier alpha value is -3.73. The molecule has 4 heterocycles. The van der Waals surface area contributed by atoms with E-state index in [1.807, 2.05) is 24.4 Å². The fourth-order valence-electron chi connectivity index (χ4n) is 4.06. The average molecular weight is 431 g/mol. The van der Waals surface area contributed by atoms with Crippen molar-refractivity contribution in [2.75, 3.05) is 13.1 Å². The molecule has 3 aromatic heterocycles. The first kappa shape index (κ1) is 21.5. The quantitative estimate of drug-likeness (QED) is 0.685. The van der Waals surface area contributed by atoms with Gasteiger partial charge in [-0.25, -0.2) is 9.97 Å². The van der Waals surface area contributed by atoms with Gasteiger partial charge in [-0.2, -0.15) is 5.26 Å². The van der Waals surface area contributed by atoms with Crippen LogP contribution in [-0.4, -0.2) is 49.9 Å². The summed E-state index contributed by atoms with van der Waals surface area (Å²) < 4.78 is 2.05. The monoisotopic (exact) mass is 430 g/mol. The van der Waals surface area contributed by atoms with E-state index in [1.54, 1.807) is 37.1 Å². The number of nitrogens with zero attached hydrogens (tertiary/aromatic N) is 5. The zero-order chi connectivity index (χ0) is 23.0. The number of pyridine rings is 2. The molecule has 0 saturated carbocycles. The minimum atomic E-state index is -0.939. The first-order chi connectivity index (χ1) is 15.2. The molecule has 2 amide bonds. The summed E-state index contributed by atoms with van der Waals surface area (Å²) in [5, 5.41) is 12.8. The molecule has 0 spiro atoms. The third-order valence-electron chi connectivity index (χ3n) is 5.79. The van der Waals surface area contributed by atoms with Gasteiger partial charge in [0.05, 0.1) is 0 Å². The highest BCUT2D eigenvalue weighted by Crippen LogP contribution is 2.31. The van der Waals surface area contributed by atoms with Crippen LogP contribution < -0.4 is 5.32 Å². The molecule has 32 heavy (non-hydrogen) atoms. The highest BCUT2D eigenvalue weighted by Gasteiger charge is 2.41. The molecule has 1 aliphatic rings. The molecule has 1 N–H and O–H groups in total. The van der Waals surface area contributed by atoms with Gasteiger partial charge in [-0.3, -0.25) is 9.59 Å². The van der Waals surface area contributed by atoms with Crippen molar-refractivity contribution in [3.8, 4) is 17.2 Å². The number of amides is 2. The number of nitriles is 1. The van der Waals surface area contributed by atoms with E-state index in [2.05, 4.69) is 28.7 Å². The molecule has 1 aliphatic heterocycles. The van der Waals surface area contributed by atoms with Crippen LogP contribution >= 0.6 is 0 Å². The summed E-state index contributed by atoms with van der Waals surface area (Å²) >= 11 is 0. The van der Waals surface area contributed by atoms with E-state index in [4.69, 9.17) is 10.2 Å². The predicted octanol–water partition coefficient (Wildman–Crippen LogP) is 2.98. The number of nitrogens with one attached hydrogen (secondary N) is 1. The number of carbonyl (C=O) groups excluding carboxylic acids is 2. The molecule has 164 valence electrons. The van der Waals surface area contributed by atoms with Gasteiger partial charge in [-0.15, -0.1) is 0 Å². The zero-order valence-corrected chi connectivity index (χ0v) is 18.7. The molecular weight excluding hydrogens is 404 g/mol. The first-order valence-corrected chi connectivity index (χ1v) is 10.7. The molecular formula is C24H26N6O2. The summed E-state index contributed by atoms with van der Waals surface area (Å²) in [4.78, 5) is 36.1. The van der Waals surface area contributed by atoms with Gasteiger partial charge in [0.15, 0.2) is 0 Å². The lowest BCUT2D eigenvalue weighted by molar-refractivity contribution is -0.133. The van der Waals surface area contributed by atoms with Crippen molar-refractivity contribution in [1.29, 1.82) is 5.26 Å². The molecule has 0 unspecified atom stereocenters. The number of rotatable bonds is 4. The van der Waals surface area contributed by atoms with Crippen LogP contribution in [0, 0.1) is 17.2 Å². The molecule has 0 bridgehead atoms. The van der Waals surface area contributed by atoms with Crippen LogP contribution in [0.1, 0.15) is 43.9 Å². The molecule has 3 aromatic rings. The summed E-state index contributed by atoms with van der Waals surface area (Å²) in [5.41, 5.74) is 2.27. The second-order valence-electron chi connectivity index (χ2n) is 8.97. The van der Waals surface area contributed by atoms with Crippen LogP contribution in [0.15, 0.2) is 36.7 Å². The Morgan fingerprint density at radius 1 is 1.28 bits per heavy atom. The number of aromatic nitrogens is 3. The van der Waals surface area contributed by atoms with Crippen LogP contribution in [0.5, 0.6) is 0 Å². The zero-order valence-electron chi connectivity index (χ0n) is 18.7. The molecule has 8 heteroatoms. The Balaban J connectivity index is 1.79. The summed E-state index contributed by atoms with van der Waals surface area (Å²) in [6.07, 6.45) is 3.70. The average Bonchev–Trinajstić information content (AvgIpc) is 3.12. The van der Waals surface area contributed by atoms with Crippen LogP contribution in [0.25, 0.3) is 22.2 Å². The third-order valence-corrected chi connectivity index (χ3v) is 5.79. The maximum Gasteiger partial charge on any atom is 0.273 e. The van der Waals surface area contributed by atoms with Crippen LogP contribution in [0.4, 0.5) is 0 Å². The highest BCUT2D eigenvalue weighted by molar-refractivity contribution is 6.01. The van der Waals surface area contributed by atoms with Gasteiger partial charge < -0.3 is 14.8 Å². The van der Waals surface area contributed by atoms with E-state index in [0.29, 0.717) is 36.0 Å². The van der Waals surface area contributed by atoms with E-state index in [-0.39, 0.29) is 11.8 Å². The van der Waals surface area contributed by atoms with Crippen LogP contribution in [0.2, 0.25) is 0 Å². The molecule has 0 aliphatic carbocycles. The van der Waals surface area contributed by atoms with Crippen molar-refractivity contribution in [2.45, 2.75) is 39.8 Å². The van der Waals surface area contributed by atoms with Crippen molar-refractivity contribution in [2.24, 2.45) is 5.92 Å². The summed E-state index contributed by atoms with van der Waals surface area (Å²) in [7, 11) is 0. The first-order valence-electron chi connectivity index (χ1n) is 10.7. The maximum atomic E-state index is 13.3. The van der Waals surface area contributed by atoms with E-state index in [0.717, 1.165) is 23.1 Å². The number of hydrogen-bond acceptors (Lipinski definition) is 5. The van der Waals surface area contributed by atoms with Gasteiger partial charge in [-0.1, -0.05) is 13.8 Å². The Morgan fingerprint density at radius 3 is 2.72 bits per heavy atom. The maximum absolute atomic E-state index is 13.3. The molecule has 1 saturated heterocycles. The topological polar surface area (TPSA) is 104 Å². The minimum absolute atomic E-state index is 0.169. The van der Waals surface area contributed by atoms with Gasteiger partial charge in [-0.05, 0) is 44.0 Å². The van der Waals surface area contributed by atoms with Gasteiger partial charge in [0, 0.05) is 48.5 Å². The SMILES string of the molecule is CC(C)Cn1cc(-c2ccc(C#N)nc2)c2ccc(C(=O)N3CCNC(=O)C3(C)C)nc21. The molecule has 8 nitrogen and oxygen atoms in total. The van der Waals surface area contributed by atoms with E-state index in [9.17, 15) is 9.59 Å². The third kappa shape index (κ3) is 3.71. The normalized spacial score (nSPS) is 15.6. The minimum Gasteiger partial charge on any atom is -0.352 e. The largest absolute Gasteiger partial charge is 0.352 e. The van der Waals surface area contributed by atoms with Crippen molar-refractivity contribution in [3.63, 3.8) is 0 Å². The molecule has 0 aromatic carbocycles. The molecule has 4 rings (SSSR count). The van der Waals surface area contributed by atoms with Gasteiger partial charge in [0.1, 0.15) is 28.6 Å². The lowest BCUT2D eigenvalue weighted by atomic mass is 9.98. The molecule has 0 radical (unpaired) electrons. The second kappa shape index (κ2) is 8.08. The lowest BCUT2D eigenvalue weighted by Crippen LogP contribution is -2.63. The Morgan fingerprint density at radius 2 is 2.06 bits per heavy atom. The van der Waals surface area contributed by atoms with E-state index < -0.39 is 5.54 Å². The fourth-order valence-corrected chi connectivity index (χ4v) is 4.06. The Kier molecular flexibility index (Phi) is 5.43. The van der Waals surface area contributed by atoms with Crippen LogP contribution in [-0.2, 0) is 11.3 Å². The van der Waals surface area contributed by atoms with Crippen molar-refractivity contribution < 1.29 is 9.59 Å². The molecule has 0 atom stereocenters. The number of piperazine rings is 1. The standard InChI is InChI=1S/C24H26N6O2/c1-15(2)13-29-14-19(16-5-6-17(11-25)27-12-16)18-7-8-20(28-21(18)29)22(31)30-10-9-26-23(32)24(30,3)4/h5-8,12,14-15H,9-10,13H2,1-4H3,(H,26,32). The second-order valence-corrected chi connectivity index (χ2v) is 8.97. The van der Waals surface area contributed by atoms with Crippen molar-refractivity contribution in [3.05, 3.63) is 48.0 Å². The highest BCUT2D eigenvalue weighted by atomic mass is 16.2. The lowest BCUT2D eigenvalue weighted by Gasteiger charge is -2.40. The van der Waals surface area contributed by atoms with Gasteiger partial charge in [0.25, 0.3) is 5.91 Å². The van der Waals surface area contributed by atoms with Crippen molar-refractivity contribution >= 4 is 22.8 Å². The van der Waals surface area contributed by atoms with Gasteiger partial charge in [0.2, 0.25) is 5.91 Å². The predicted molar refractivity (Wildman–Crippen MR) is 121 cm³/mol. The van der Waals surface area contributed by atoms with E-state index >= 15 is 0 Å². The Labute approximate surface area is 186 Å². The number of fused-ring (bicyclic) bond motifs is 1. The van der Waals surface area contributed by atoms with Crippen molar-refractivity contribution in [1.82, 2.24) is 24.8 Å². The van der Waals surface area contributed by atoms with Crippen LogP contribution in [0.3, 0.4) is 0 Å². The number of carbonyl (C=O) groups is 2.